The van der Waals surface area contributed by atoms with Gasteiger partial charge < -0.3 is 4.48 Å². The molecule has 4 heteroatoms. The number of hydrogen-bond donors (Lipinski definition) is 0. The lowest BCUT2D eigenvalue weighted by Crippen LogP contribution is -2.42. The maximum Gasteiger partial charge on any atom is 0.152 e. The standard InChI is InChI=1S/C12H20NO2S/c1-13(2,9-10-16(3,14)15)11-12-7-5-4-6-8-12/h4-8H,9-11H2,1-3H3/q+1. The van der Waals surface area contributed by atoms with Crippen LogP contribution >= 0.6 is 0 Å². The van der Waals surface area contributed by atoms with Crippen LogP contribution in [-0.2, 0) is 16.4 Å². The van der Waals surface area contributed by atoms with E-state index in [4.69, 9.17) is 0 Å². The molecule has 1 aromatic rings. The Morgan fingerprint density at radius 2 is 1.69 bits per heavy atom. The smallest absolute Gasteiger partial charge is 0.152 e. The Balaban J connectivity index is 2.59. The van der Waals surface area contributed by atoms with Gasteiger partial charge in [-0.15, -0.1) is 0 Å². The van der Waals surface area contributed by atoms with Crippen molar-refractivity contribution in [1.82, 2.24) is 0 Å². The topological polar surface area (TPSA) is 34.1 Å². The SMILES string of the molecule is C[N+](C)(CCS(C)(=O)=O)Cc1ccccc1. The number of sulfone groups is 1. The zero-order chi connectivity index (χ0) is 12.2. The maximum absolute atomic E-state index is 11.1. The van der Waals surface area contributed by atoms with E-state index in [-0.39, 0.29) is 5.75 Å². The second-order valence-electron chi connectivity index (χ2n) is 4.93. The molecule has 16 heavy (non-hydrogen) atoms. The van der Waals surface area contributed by atoms with E-state index in [9.17, 15) is 8.42 Å². The van der Waals surface area contributed by atoms with E-state index in [0.717, 1.165) is 6.54 Å². The molecule has 0 N–H and O–H groups in total. The first-order valence-electron chi connectivity index (χ1n) is 5.32. The first kappa shape index (κ1) is 13.2. The van der Waals surface area contributed by atoms with Gasteiger partial charge >= 0.3 is 0 Å². The van der Waals surface area contributed by atoms with Gasteiger partial charge in [0.15, 0.2) is 9.84 Å². The number of hydrogen-bond acceptors (Lipinski definition) is 2. The van der Waals surface area contributed by atoms with Gasteiger partial charge in [0.1, 0.15) is 6.54 Å². The molecule has 1 rings (SSSR count). The molecule has 0 amide bonds. The quantitative estimate of drug-likeness (QED) is 0.730. The van der Waals surface area contributed by atoms with Gasteiger partial charge in [0.05, 0.1) is 26.4 Å². The molecule has 0 aromatic heterocycles. The average molecular weight is 242 g/mol. The maximum atomic E-state index is 11.1. The zero-order valence-corrected chi connectivity index (χ0v) is 11.0. The highest BCUT2D eigenvalue weighted by Gasteiger charge is 2.18. The minimum absolute atomic E-state index is 0.243. The van der Waals surface area contributed by atoms with E-state index in [1.165, 1.54) is 11.8 Å². The average Bonchev–Trinajstić information content (AvgIpc) is 2.15. The summed E-state index contributed by atoms with van der Waals surface area (Å²) in [6.45, 7) is 1.50. The molecule has 0 heterocycles. The van der Waals surface area contributed by atoms with Crippen molar-refractivity contribution >= 4 is 9.84 Å². The Bertz CT molecular complexity index is 424. The molecule has 0 spiro atoms. The van der Waals surface area contributed by atoms with Crippen LogP contribution in [0.2, 0.25) is 0 Å². The van der Waals surface area contributed by atoms with E-state index in [1.54, 1.807) is 0 Å². The van der Waals surface area contributed by atoms with Gasteiger partial charge in [0.2, 0.25) is 0 Å². The van der Waals surface area contributed by atoms with Crippen LogP contribution in [0.25, 0.3) is 0 Å². The first-order valence-corrected chi connectivity index (χ1v) is 7.38. The molecule has 0 aliphatic rings. The normalized spacial score (nSPS) is 12.7. The zero-order valence-electron chi connectivity index (χ0n) is 10.2. The third-order valence-corrected chi connectivity index (χ3v) is 3.44. The lowest BCUT2D eigenvalue weighted by Gasteiger charge is -2.29. The molecule has 3 nitrogen and oxygen atoms in total. The van der Waals surface area contributed by atoms with E-state index in [1.807, 2.05) is 18.2 Å². The van der Waals surface area contributed by atoms with Crippen molar-refractivity contribution in [1.29, 1.82) is 0 Å². The lowest BCUT2D eigenvalue weighted by molar-refractivity contribution is -0.901. The van der Waals surface area contributed by atoms with Crippen molar-refractivity contribution in [3.63, 3.8) is 0 Å². The highest BCUT2D eigenvalue weighted by Crippen LogP contribution is 2.09. The summed E-state index contributed by atoms with van der Waals surface area (Å²) in [5.41, 5.74) is 1.24. The van der Waals surface area contributed by atoms with Crippen LogP contribution in [-0.4, -0.2) is 45.5 Å². The highest BCUT2D eigenvalue weighted by atomic mass is 32.2. The third kappa shape index (κ3) is 5.28. The molecule has 0 bridgehead atoms. The van der Waals surface area contributed by atoms with Gasteiger partial charge in [-0.2, -0.15) is 0 Å². The fourth-order valence-electron chi connectivity index (χ4n) is 1.57. The summed E-state index contributed by atoms with van der Waals surface area (Å²) >= 11 is 0. The Morgan fingerprint density at radius 3 is 2.19 bits per heavy atom. The minimum atomic E-state index is -2.87. The van der Waals surface area contributed by atoms with Gasteiger partial charge in [0, 0.05) is 11.8 Å². The van der Waals surface area contributed by atoms with Crippen LogP contribution in [0, 0.1) is 0 Å². The molecular formula is C12H20NO2S+. The minimum Gasteiger partial charge on any atom is -0.324 e. The summed E-state index contributed by atoms with van der Waals surface area (Å²) in [6, 6.07) is 10.1. The monoisotopic (exact) mass is 242 g/mol. The summed E-state index contributed by atoms with van der Waals surface area (Å²) in [4.78, 5) is 0. The molecule has 90 valence electrons. The van der Waals surface area contributed by atoms with Crippen molar-refractivity contribution in [3.8, 4) is 0 Å². The second-order valence-corrected chi connectivity index (χ2v) is 7.19. The molecule has 0 radical (unpaired) electrons. The van der Waals surface area contributed by atoms with Crippen molar-refractivity contribution < 1.29 is 12.9 Å². The van der Waals surface area contributed by atoms with Crippen LogP contribution in [0.4, 0.5) is 0 Å². The van der Waals surface area contributed by atoms with Gasteiger partial charge in [-0.1, -0.05) is 30.3 Å². The van der Waals surface area contributed by atoms with E-state index >= 15 is 0 Å². The Labute approximate surface area is 98.2 Å². The number of quaternary nitrogens is 1. The molecule has 0 saturated heterocycles. The summed E-state index contributed by atoms with van der Waals surface area (Å²) < 4.78 is 22.9. The van der Waals surface area contributed by atoms with Gasteiger partial charge in [-0.05, 0) is 0 Å². The van der Waals surface area contributed by atoms with Gasteiger partial charge in [0.25, 0.3) is 0 Å². The Kier molecular flexibility index (Phi) is 4.10. The first-order chi connectivity index (χ1) is 7.29. The lowest BCUT2D eigenvalue weighted by atomic mass is 10.2. The fourth-order valence-corrected chi connectivity index (χ4v) is 2.40. The molecule has 0 aliphatic heterocycles. The van der Waals surface area contributed by atoms with Crippen LogP contribution in [0.3, 0.4) is 0 Å². The highest BCUT2D eigenvalue weighted by molar-refractivity contribution is 7.90. The van der Waals surface area contributed by atoms with Crippen LogP contribution in [0.1, 0.15) is 5.56 Å². The Hall–Kier alpha value is -0.870. The largest absolute Gasteiger partial charge is 0.324 e. The molecule has 0 unspecified atom stereocenters. The molecular weight excluding hydrogens is 222 g/mol. The van der Waals surface area contributed by atoms with Crippen molar-refractivity contribution in [3.05, 3.63) is 35.9 Å². The summed E-state index contributed by atoms with van der Waals surface area (Å²) in [5.74, 6) is 0.243. The molecule has 0 fully saturated rings. The summed E-state index contributed by atoms with van der Waals surface area (Å²) in [6.07, 6.45) is 1.29. The van der Waals surface area contributed by atoms with Crippen LogP contribution in [0.5, 0.6) is 0 Å². The van der Waals surface area contributed by atoms with Crippen molar-refractivity contribution in [2.45, 2.75) is 6.54 Å². The Morgan fingerprint density at radius 1 is 1.12 bits per heavy atom. The van der Waals surface area contributed by atoms with E-state index in [0.29, 0.717) is 11.0 Å². The van der Waals surface area contributed by atoms with Crippen LogP contribution < -0.4 is 0 Å². The molecule has 1 aromatic carbocycles. The molecule has 0 saturated carbocycles. The number of rotatable bonds is 5. The fraction of sp³-hybridized carbons (Fsp3) is 0.500. The summed E-state index contributed by atoms with van der Waals surface area (Å²) in [7, 11) is 1.24. The van der Waals surface area contributed by atoms with Crippen molar-refractivity contribution in [2.75, 3.05) is 32.6 Å². The number of benzene rings is 1. The molecule has 0 atom stereocenters. The second kappa shape index (κ2) is 4.97. The molecule has 0 aliphatic carbocycles. The number of nitrogens with zero attached hydrogens (tertiary/aromatic N) is 1. The van der Waals surface area contributed by atoms with Crippen molar-refractivity contribution in [2.24, 2.45) is 0 Å². The van der Waals surface area contributed by atoms with Crippen LogP contribution in [0.15, 0.2) is 30.3 Å². The van der Waals surface area contributed by atoms with E-state index < -0.39 is 9.84 Å². The predicted octanol–water partition coefficient (Wildman–Crippen LogP) is 1.31. The third-order valence-electron chi connectivity index (χ3n) is 2.52. The van der Waals surface area contributed by atoms with Gasteiger partial charge in [-0.25, -0.2) is 8.42 Å². The van der Waals surface area contributed by atoms with E-state index in [2.05, 4.69) is 26.2 Å². The van der Waals surface area contributed by atoms with Gasteiger partial charge in [-0.3, -0.25) is 0 Å². The predicted molar refractivity (Wildman–Crippen MR) is 66.8 cm³/mol. The summed E-state index contributed by atoms with van der Waals surface area (Å²) in [5, 5.41) is 0.